The lowest BCUT2D eigenvalue weighted by Crippen LogP contribution is -2.53. The smallest absolute Gasteiger partial charge is 0.488 e. The van der Waals surface area contributed by atoms with Gasteiger partial charge in [0.15, 0.2) is 5.82 Å². The number of pyridine rings is 1. The lowest BCUT2D eigenvalue weighted by Gasteiger charge is -2.50. The highest BCUT2D eigenvalue weighted by atomic mass is 35.5. The Morgan fingerprint density at radius 3 is 2.36 bits per heavy atom. The largest absolute Gasteiger partial charge is 0.491 e. The van der Waals surface area contributed by atoms with Gasteiger partial charge in [-0.3, -0.25) is 29.5 Å². The summed E-state index contributed by atoms with van der Waals surface area (Å²) >= 11 is 12.6. The van der Waals surface area contributed by atoms with Gasteiger partial charge in [-0.15, -0.1) is 0 Å². The van der Waals surface area contributed by atoms with Gasteiger partial charge in [-0.05, 0) is 66.2 Å². The molecule has 2 saturated heterocycles. The fraction of sp³-hybridized carbons (Fsp3) is 0.275. The topological polar surface area (TPSA) is 170 Å². The Bertz CT molecular complexity index is 2380. The molecule has 3 aromatic carbocycles. The van der Waals surface area contributed by atoms with Crippen LogP contribution >= 0.6 is 23.2 Å². The number of hydrazine groups is 1. The molecule has 58 heavy (non-hydrogen) atoms. The monoisotopic (exact) mass is 834 g/mol. The number of halogens is 5. The highest BCUT2D eigenvalue weighted by Gasteiger charge is 2.70. The summed E-state index contributed by atoms with van der Waals surface area (Å²) in [4.78, 5) is 63.9. The molecule has 3 heterocycles. The number of hydrogen-bond donors (Lipinski definition) is 4. The van der Waals surface area contributed by atoms with Gasteiger partial charge in [0.05, 0.1) is 46.0 Å². The van der Waals surface area contributed by atoms with E-state index in [1.807, 2.05) is 6.08 Å². The number of aliphatic hydroxyl groups excluding tert-OH is 1. The van der Waals surface area contributed by atoms with Crippen molar-refractivity contribution in [1.82, 2.24) is 9.99 Å². The number of ether oxygens (including phenoxy) is 1. The first-order chi connectivity index (χ1) is 27.7. The second-order valence-corrected chi connectivity index (χ2v) is 15.4. The van der Waals surface area contributed by atoms with E-state index < -0.39 is 88.3 Å². The fourth-order valence-electron chi connectivity index (χ4n) is 9.21. The van der Waals surface area contributed by atoms with E-state index >= 15 is 4.79 Å². The Kier molecular flexibility index (Phi) is 10.1. The number of para-hydroxylation sites is 1. The van der Waals surface area contributed by atoms with Gasteiger partial charge in [-0.2, -0.15) is 18.2 Å². The molecule has 2 aliphatic carbocycles. The average Bonchev–Trinajstić information content (AvgIpc) is 3.58. The van der Waals surface area contributed by atoms with Crippen molar-refractivity contribution in [1.29, 1.82) is 0 Å². The van der Waals surface area contributed by atoms with Crippen LogP contribution in [0, 0.1) is 23.7 Å². The second-order valence-electron chi connectivity index (χ2n) is 14.5. The van der Waals surface area contributed by atoms with Gasteiger partial charge in [-0.25, -0.2) is 4.98 Å². The Balaban J connectivity index is 1.31. The molecule has 0 bridgehead atoms. The number of anilines is 2. The number of carbonyl (C=O) groups excluding carboxylic acids is 4. The van der Waals surface area contributed by atoms with Gasteiger partial charge in [0.25, 0.3) is 11.8 Å². The van der Waals surface area contributed by atoms with E-state index in [1.165, 1.54) is 24.3 Å². The first-order valence-corrected chi connectivity index (χ1v) is 18.9. The summed E-state index contributed by atoms with van der Waals surface area (Å²) < 4.78 is 46.6. The number of carbonyl (C=O) groups is 4. The molecule has 6 atom stereocenters. The molecule has 0 unspecified atom stereocenters. The molecule has 0 radical (unpaired) electrons. The van der Waals surface area contributed by atoms with Crippen LogP contribution in [-0.2, 0) is 30.8 Å². The summed E-state index contributed by atoms with van der Waals surface area (Å²) in [5.41, 5.74) is 1.19. The normalized spacial score (nSPS) is 25.3. The third kappa shape index (κ3) is 6.25. The number of hydrogen-bond acceptors (Lipinski definition) is 10. The van der Waals surface area contributed by atoms with Gasteiger partial charge < -0.3 is 19.9 Å². The summed E-state index contributed by atoms with van der Waals surface area (Å²) in [7, 11) is -1.87. The van der Waals surface area contributed by atoms with E-state index in [1.54, 1.807) is 48.5 Å². The lowest BCUT2D eigenvalue weighted by atomic mass is 9.49. The van der Waals surface area contributed by atoms with Crippen LogP contribution in [0.15, 0.2) is 96.7 Å². The number of aromatic nitrogens is 1. The van der Waals surface area contributed by atoms with Crippen LogP contribution in [0.5, 0.6) is 5.75 Å². The zero-order valence-corrected chi connectivity index (χ0v) is 31.6. The minimum absolute atomic E-state index is 0.0575. The Labute approximate surface area is 338 Å². The summed E-state index contributed by atoms with van der Waals surface area (Å²) in [5.74, 6) is -7.84. The van der Waals surface area contributed by atoms with Crippen LogP contribution in [0.4, 0.5) is 24.7 Å². The number of rotatable bonds is 9. The molecule has 12 nitrogen and oxygen atoms in total. The summed E-state index contributed by atoms with van der Waals surface area (Å²) in [6.45, 7) is -0.480. The van der Waals surface area contributed by atoms with Crippen molar-refractivity contribution in [2.45, 2.75) is 30.4 Å². The third-order valence-corrected chi connectivity index (χ3v) is 12.1. The van der Waals surface area contributed by atoms with Crippen LogP contribution in [0.2, 0.25) is 10.0 Å². The Morgan fingerprint density at radius 2 is 1.67 bits per heavy atom. The predicted octanol–water partition coefficient (Wildman–Crippen LogP) is 4.65. The molecule has 4 aliphatic rings. The quantitative estimate of drug-likeness (QED) is 0.106. The highest BCUT2D eigenvalue weighted by molar-refractivity contribution is 6.58. The molecule has 18 heteroatoms. The molecular weight excluding hydrogens is 803 g/mol. The molecular formula is C40H32BCl2F3N4O8. The van der Waals surface area contributed by atoms with E-state index in [4.69, 9.17) is 27.9 Å². The third-order valence-electron chi connectivity index (χ3n) is 11.6. The maximum Gasteiger partial charge on any atom is 0.488 e. The van der Waals surface area contributed by atoms with E-state index in [0.29, 0.717) is 39.0 Å². The van der Waals surface area contributed by atoms with Crippen molar-refractivity contribution >= 4 is 70.9 Å². The average molecular weight is 835 g/mol. The van der Waals surface area contributed by atoms with E-state index in [0.717, 1.165) is 4.90 Å². The molecule has 4 aromatic rings. The van der Waals surface area contributed by atoms with E-state index in [-0.39, 0.29) is 43.0 Å². The fourth-order valence-corrected chi connectivity index (χ4v) is 9.55. The van der Waals surface area contributed by atoms with Crippen molar-refractivity contribution in [2.24, 2.45) is 23.7 Å². The number of allylic oxidation sites excluding steroid dienone is 2. The summed E-state index contributed by atoms with van der Waals surface area (Å²) in [6, 6.07) is 19.5. The zero-order chi connectivity index (χ0) is 41.3. The van der Waals surface area contributed by atoms with Gasteiger partial charge in [0.1, 0.15) is 12.4 Å². The second kappa shape index (κ2) is 14.8. The minimum Gasteiger partial charge on any atom is -0.491 e. The molecule has 1 aromatic heterocycles. The zero-order valence-electron chi connectivity index (χ0n) is 30.1. The first kappa shape index (κ1) is 39.6. The number of nitrogens with one attached hydrogen (secondary N) is 1. The lowest BCUT2D eigenvalue weighted by molar-refractivity contribution is -0.139. The number of alkyl halides is 3. The Hall–Kier alpha value is -5.26. The van der Waals surface area contributed by atoms with Crippen LogP contribution in [0.1, 0.15) is 35.4 Å². The number of fused-ring (bicyclic) bond motifs is 4. The molecule has 1 saturated carbocycles. The predicted molar refractivity (Wildman–Crippen MR) is 205 cm³/mol. The van der Waals surface area contributed by atoms with Crippen LogP contribution in [0.25, 0.3) is 0 Å². The molecule has 4 N–H and O–H groups in total. The molecule has 4 amide bonds. The molecule has 3 fully saturated rings. The van der Waals surface area contributed by atoms with Crippen LogP contribution in [0.3, 0.4) is 0 Å². The van der Waals surface area contributed by atoms with Crippen molar-refractivity contribution in [2.75, 3.05) is 23.5 Å². The highest BCUT2D eigenvalue weighted by Crippen LogP contribution is 2.65. The molecule has 8 rings (SSSR count). The van der Waals surface area contributed by atoms with Gasteiger partial charge in [0, 0.05) is 22.7 Å². The van der Waals surface area contributed by atoms with E-state index in [9.17, 15) is 42.7 Å². The molecule has 298 valence electrons. The Morgan fingerprint density at radius 1 is 0.931 bits per heavy atom. The first-order valence-electron chi connectivity index (χ1n) is 18.2. The van der Waals surface area contributed by atoms with E-state index in [2.05, 4.69) is 10.4 Å². The van der Waals surface area contributed by atoms with Gasteiger partial charge in [-0.1, -0.05) is 77.3 Å². The molecule has 0 spiro atoms. The van der Waals surface area contributed by atoms with Crippen molar-refractivity contribution < 1.29 is 52.2 Å². The maximum absolute atomic E-state index is 15.4. The number of aliphatic hydroxyl groups is 1. The number of imide groups is 2. The van der Waals surface area contributed by atoms with Crippen molar-refractivity contribution in [3.05, 3.63) is 123 Å². The van der Waals surface area contributed by atoms with Gasteiger partial charge >= 0.3 is 13.3 Å². The number of amides is 4. The van der Waals surface area contributed by atoms with Gasteiger partial charge in [0.2, 0.25) is 11.8 Å². The van der Waals surface area contributed by atoms with Crippen LogP contribution in [-0.4, -0.2) is 69.1 Å². The number of benzene rings is 3. The molecule has 2 aliphatic heterocycles. The summed E-state index contributed by atoms with van der Waals surface area (Å²) in [6.07, 6.45) is -2.49. The minimum atomic E-state index is -4.78. The SMILES string of the molecule is O=C1[C@@H]2C[C@@H]3C(=CC[C@@H]4C(=O)N(c5cccc(B(O)O)c5)C(=O)[C@@H]43)[C@H](c3ccccc3OCCO)[C@]2(c2ccc(Cl)cc2)C(=O)N1Nc1ncc(C(F)(F)F)cc1Cl. The van der Waals surface area contributed by atoms with Crippen molar-refractivity contribution in [3.63, 3.8) is 0 Å². The standard InChI is InChI=1S/C40H32BCl2F3N4O8/c42-23-10-8-20(9-11-23)39-29(36(53)50(38(39)55)48-34-30(43)16-21(19-47-34)40(44,45)46)18-28-25(33(39)26-6-1-2-7-31(26)58-15-14-51)12-13-27-32(28)37(54)49(35(27)52)24-5-3-4-22(17-24)41(56)57/h1-12,16-17,19,27-29,32-33,51,56-57H,13-15,18H2,(H,47,48)/t27-,28+,29-,32-,33+,39+/m0/s1. The number of nitrogens with zero attached hydrogens (tertiary/aromatic N) is 3. The maximum atomic E-state index is 15.4. The van der Waals surface area contributed by atoms with Crippen molar-refractivity contribution in [3.8, 4) is 5.75 Å². The van der Waals surface area contributed by atoms with Crippen LogP contribution < -0.4 is 20.5 Å². The summed E-state index contributed by atoms with van der Waals surface area (Å²) in [5, 5.41) is 29.9.